The molecule has 2 aromatic heterocycles. The molecule has 6 nitrogen and oxygen atoms in total. The van der Waals surface area contributed by atoms with E-state index in [1.807, 2.05) is 48.5 Å². The number of hydrazone groups is 1. The number of nitrogens with zero attached hydrogens (tertiary/aromatic N) is 3. The number of para-hydroxylation sites is 1. The highest BCUT2D eigenvalue weighted by Gasteiger charge is 2.11. The molecule has 2 aromatic carbocycles. The van der Waals surface area contributed by atoms with E-state index in [1.165, 1.54) is 6.33 Å². The van der Waals surface area contributed by atoms with E-state index in [0.29, 0.717) is 11.4 Å². The monoisotopic (exact) mass is 318 g/mol. The Morgan fingerprint density at radius 3 is 2.75 bits per heavy atom. The molecule has 6 heteroatoms. The van der Waals surface area contributed by atoms with Crippen LogP contribution in [0.1, 0.15) is 5.56 Å². The molecule has 4 aromatic rings. The van der Waals surface area contributed by atoms with Gasteiger partial charge >= 0.3 is 0 Å². The summed E-state index contributed by atoms with van der Waals surface area (Å²) in [6, 6.07) is 15.3. The number of aromatic nitrogens is 2. The average Bonchev–Trinajstić information content (AvgIpc) is 3.02. The third-order valence-electron chi connectivity index (χ3n) is 3.66. The molecule has 24 heavy (non-hydrogen) atoms. The van der Waals surface area contributed by atoms with Crippen molar-refractivity contribution in [1.29, 1.82) is 0 Å². The van der Waals surface area contributed by atoms with Crippen molar-refractivity contribution in [3.8, 4) is 5.75 Å². The Labute approximate surface area is 137 Å². The largest absolute Gasteiger partial charge is 0.497 e. The highest BCUT2D eigenvalue weighted by molar-refractivity contribution is 6.05. The van der Waals surface area contributed by atoms with Gasteiger partial charge in [0.2, 0.25) is 0 Å². The third-order valence-corrected chi connectivity index (χ3v) is 3.66. The molecule has 118 valence electrons. The lowest BCUT2D eigenvalue weighted by molar-refractivity contribution is 0.415. The van der Waals surface area contributed by atoms with Crippen LogP contribution < -0.4 is 10.2 Å². The Kier molecular flexibility index (Phi) is 3.55. The first-order valence-electron chi connectivity index (χ1n) is 7.40. The molecule has 0 unspecified atom stereocenters. The van der Waals surface area contributed by atoms with Gasteiger partial charge in [0.25, 0.3) is 0 Å². The zero-order valence-electron chi connectivity index (χ0n) is 12.9. The van der Waals surface area contributed by atoms with Crippen molar-refractivity contribution >= 4 is 34.1 Å². The van der Waals surface area contributed by atoms with E-state index >= 15 is 0 Å². The van der Waals surface area contributed by atoms with E-state index in [-0.39, 0.29) is 0 Å². The first-order chi connectivity index (χ1) is 11.8. The van der Waals surface area contributed by atoms with E-state index in [4.69, 9.17) is 9.15 Å². The van der Waals surface area contributed by atoms with Gasteiger partial charge in [-0.2, -0.15) is 5.10 Å². The number of ether oxygens (including phenoxy) is 1. The van der Waals surface area contributed by atoms with Gasteiger partial charge in [-0.15, -0.1) is 0 Å². The Hall–Kier alpha value is -3.41. The number of furan rings is 1. The second-order valence-corrected chi connectivity index (χ2v) is 5.14. The molecule has 0 fully saturated rings. The lowest BCUT2D eigenvalue weighted by Gasteiger charge is -2.00. The van der Waals surface area contributed by atoms with E-state index in [0.717, 1.165) is 27.8 Å². The van der Waals surface area contributed by atoms with Crippen molar-refractivity contribution in [2.75, 3.05) is 12.5 Å². The fourth-order valence-electron chi connectivity index (χ4n) is 2.46. The highest BCUT2D eigenvalue weighted by atomic mass is 16.5. The lowest BCUT2D eigenvalue weighted by Crippen LogP contribution is -1.94. The van der Waals surface area contributed by atoms with Gasteiger partial charge in [-0.1, -0.05) is 12.1 Å². The number of anilines is 1. The predicted molar refractivity (Wildman–Crippen MR) is 93.5 cm³/mol. The first kappa shape index (κ1) is 14.2. The Bertz CT molecular complexity index is 1020. The van der Waals surface area contributed by atoms with Crippen LogP contribution in [0.25, 0.3) is 22.1 Å². The first-order valence-corrected chi connectivity index (χ1v) is 7.40. The third kappa shape index (κ3) is 2.54. The van der Waals surface area contributed by atoms with Gasteiger partial charge in [0.15, 0.2) is 11.4 Å². The molecule has 0 radical (unpaired) electrons. The quantitative estimate of drug-likeness (QED) is 0.457. The standard InChI is InChI=1S/C18H14N4O2/c1-23-13-8-6-12(7-9-13)10-21-22-18-17-16(19-11-20-18)14-4-2-3-5-15(14)24-17/h2-11H,1H3,(H,19,20,22)/b21-10-. The van der Waals surface area contributed by atoms with Crippen molar-refractivity contribution < 1.29 is 9.15 Å². The summed E-state index contributed by atoms with van der Waals surface area (Å²) in [5, 5.41) is 5.18. The molecule has 0 aliphatic carbocycles. The molecule has 4 rings (SSSR count). The van der Waals surface area contributed by atoms with Gasteiger partial charge in [-0.3, -0.25) is 5.43 Å². The van der Waals surface area contributed by atoms with Gasteiger partial charge in [0.1, 0.15) is 23.2 Å². The molecule has 2 heterocycles. The maximum absolute atomic E-state index is 5.84. The minimum Gasteiger partial charge on any atom is -0.497 e. The summed E-state index contributed by atoms with van der Waals surface area (Å²) >= 11 is 0. The number of hydrogen-bond acceptors (Lipinski definition) is 6. The highest BCUT2D eigenvalue weighted by Crippen LogP contribution is 2.30. The van der Waals surface area contributed by atoms with Gasteiger partial charge in [0, 0.05) is 5.39 Å². The Balaban J connectivity index is 1.63. The van der Waals surface area contributed by atoms with E-state index in [1.54, 1.807) is 13.3 Å². The van der Waals surface area contributed by atoms with Crippen LogP contribution in [0.2, 0.25) is 0 Å². The summed E-state index contributed by atoms with van der Waals surface area (Å²) in [4.78, 5) is 8.52. The lowest BCUT2D eigenvalue weighted by atomic mass is 10.2. The molecule has 0 spiro atoms. The van der Waals surface area contributed by atoms with Crippen LogP contribution in [-0.2, 0) is 0 Å². The van der Waals surface area contributed by atoms with Crippen molar-refractivity contribution in [2.24, 2.45) is 5.10 Å². The fraction of sp³-hybridized carbons (Fsp3) is 0.0556. The van der Waals surface area contributed by atoms with Crippen LogP contribution in [0.5, 0.6) is 5.75 Å². The SMILES string of the molecule is COc1ccc(/C=N\Nc2ncnc3c2oc2ccccc23)cc1. The molecule has 0 aliphatic rings. The van der Waals surface area contributed by atoms with Crippen molar-refractivity contribution in [3.05, 3.63) is 60.4 Å². The van der Waals surface area contributed by atoms with Gasteiger partial charge in [0.05, 0.1) is 13.3 Å². The van der Waals surface area contributed by atoms with Gasteiger partial charge in [-0.25, -0.2) is 9.97 Å². The van der Waals surface area contributed by atoms with Crippen LogP contribution in [0.3, 0.4) is 0 Å². The number of benzene rings is 2. The molecule has 0 saturated carbocycles. The number of methoxy groups -OCH3 is 1. The fourth-order valence-corrected chi connectivity index (χ4v) is 2.46. The van der Waals surface area contributed by atoms with Crippen molar-refractivity contribution in [3.63, 3.8) is 0 Å². The molecule has 0 atom stereocenters. The van der Waals surface area contributed by atoms with Gasteiger partial charge < -0.3 is 9.15 Å². The molecule has 0 saturated heterocycles. The summed E-state index contributed by atoms with van der Waals surface area (Å²) in [5.41, 5.74) is 5.99. The summed E-state index contributed by atoms with van der Waals surface area (Å²) in [6.45, 7) is 0. The summed E-state index contributed by atoms with van der Waals surface area (Å²) < 4.78 is 11.0. The molecule has 1 N–H and O–H groups in total. The van der Waals surface area contributed by atoms with Crippen LogP contribution in [0, 0.1) is 0 Å². The maximum atomic E-state index is 5.84. The summed E-state index contributed by atoms with van der Waals surface area (Å²) in [7, 11) is 1.64. The Morgan fingerprint density at radius 1 is 1.08 bits per heavy atom. The second kappa shape index (κ2) is 6.00. The average molecular weight is 318 g/mol. The minimum absolute atomic E-state index is 0.529. The summed E-state index contributed by atoms with van der Waals surface area (Å²) in [6.07, 6.45) is 3.20. The smallest absolute Gasteiger partial charge is 0.197 e. The number of rotatable bonds is 4. The number of nitrogens with one attached hydrogen (secondary N) is 1. The molecular weight excluding hydrogens is 304 g/mol. The maximum Gasteiger partial charge on any atom is 0.197 e. The summed E-state index contributed by atoms with van der Waals surface area (Å²) in [5.74, 6) is 1.33. The predicted octanol–water partition coefficient (Wildman–Crippen LogP) is 3.83. The van der Waals surface area contributed by atoms with Crippen LogP contribution in [0.4, 0.5) is 5.82 Å². The topological polar surface area (TPSA) is 72.5 Å². The molecule has 0 bridgehead atoms. The number of fused-ring (bicyclic) bond motifs is 3. The van der Waals surface area contributed by atoms with E-state index in [2.05, 4.69) is 20.5 Å². The van der Waals surface area contributed by atoms with Crippen LogP contribution >= 0.6 is 0 Å². The van der Waals surface area contributed by atoms with Crippen LogP contribution in [0.15, 0.2) is 64.4 Å². The van der Waals surface area contributed by atoms with Crippen molar-refractivity contribution in [1.82, 2.24) is 9.97 Å². The van der Waals surface area contributed by atoms with Crippen molar-refractivity contribution in [2.45, 2.75) is 0 Å². The number of hydrogen-bond donors (Lipinski definition) is 1. The van der Waals surface area contributed by atoms with Crippen LogP contribution in [-0.4, -0.2) is 23.3 Å². The molecular formula is C18H14N4O2. The molecule has 0 aliphatic heterocycles. The molecule has 0 amide bonds. The van der Waals surface area contributed by atoms with E-state index in [9.17, 15) is 0 Å². The normalized spacial score (nSPS) is 11.4. The zero-order chi connectivity index (χ0) is 16.4. The second-order valence-electron chi connectivity index (χ2n) is 5.14. The zero-order valence-corrected chi connectivity index (χ0v) is 12.9. The van der Waals surface area contributed by atoms with Gasteiger partial charge in [-0.05, 0) is 42.0 Å². The minimum atomic E-state index is 0.529. The Morgan fingerprint density at radius 2 is 1.92 bits per heavy atom. The van der Waals surface area contributed by atoms with E-state index < -0.39 is 0 Å².